The number of rotatable bonds is 6. The van der Waals surface area contributed by atoms with Gasteiger partial charge in [0.1, 0.15) is 11.8 Å². The second-order valence-corrected chi connectivity index (χ2v) is 6.93. The van der Waals surface area contributed by atoms with Crippen molar-refractivity contribution in [2.45, 2.75) is 58.9 Å². The van der Waals surface area contributed by atoms with Crippen molar-refractivity contribution < 1.29 is 14.1 Å². The molecule has 7 nitrogen and oxygen atoms in total. The summed E-state index contributed by atoms with van der Waals surface area (Å²) in [5, 5.41) is 4.01. The lowest BCUT2D eigenvalue weighted by molar-refractivity contribution is -0.134. The SMILES string of the molecule is CCc1nc(C)ccc1OCC(=O)N1CCC[C@H]1c1nc(C(C)C)no1. The van der Waals surface area contributed by atoms with Crippen molar-refractivity contribution in [1.82, 2.24) is 20.0 Å². The minimum atomic E-state index is -0.159. The molecule has 1 amide bonds. The summed E-state index contributed by atoms with van der Waals surface area (Å²) in [5.41, 5.74) is 1.81. The van der Waals surface area contributed by atoms with E-state index in [-0.39, 0.29) is 24.5 Å². The number of carbonyl (C=O) groups excluding carboxylic acids is 1. The molecular formula is C19H26N4O3. The number of hydrogen-bond donors (Lipinski definition) is 0. The molecule has 3 rings (SSSR count). The summed E-state index contributed by atoms with van der Waals surface area (Å²) in [6.45, 7) is 8.66. The van der Waals surface area contributed by atoms with E-state index in [0.717, 1.165) is 30.7 Å². The number of hydrogen-bond acceptors (Lipinski definition) is 6. The van der Waals surface area contributed by atoms with Gasteiger partial charge in [0.25, 0.3) is 5.91 Å². The molecule has 1 atom stereocenters. The average molecular weight is 358 g/mol. The van der Waals surface area contributed by atoms with E-state index in [4.69, 9.17) is 9.26 Å². The summed E-state index contributed by atoms with van der Waals surface area (Å²) in [6, 6.07) is 3.61. The van der Waals surface area contributed by atoms with Crippen molar-refractivity contribution in [3.05, 3.63) is 35.2 Å². The van der Waals surface area contributed by atoms with Crippen LogP contribution in [0, 0.1) is 6.92 Å². The lowest BCUT2D eigenvalue weighted by atomic mass is 10.2. The molecule has 1 saturated heterocycles. The fourth-order valence-electron chi connectivity index (χ4n) is 3.14. The van der Waals surface area contributed by atoms with Crippen molar-refractivity contribution in [3.8, 4) is 5.75 Å². The second kappa shape index (κ2) is 7.85. The van der Waals surface area contributed by atoms with Gasteiger partial charge in [0.2, 0.25) is 5.89 Å². The molecule has 0 aliphatic carbocycles. The molecule has 1 aliphatic heterocycles. The molecule has 0 spiro atoms. The minimum absolute atomic E-state index is 0.0145. The molecule has 0 aromatic carbocycles. The highest BCUT2D eigenvalue weighted by molar-refractivity contribution is 5.78. The number of pyridine rings is 1. The van der Waals surface area contributed by atoms with Crippen LogP contribution in [0.15, 0.2) is 16.7 Å². The number of likely N-dealkylation sites (tertiary alicyclic amines) is 1. The number of carbonyl (C=O) groups is 1. The highest BCUT2D eigenvalue weighted by Crippen LogP contribution is 2.31. The van der Waals surface area contributed by atoms with Crippen molar-refractivity contribution in [2.75, 3.05) is 13.2 Å². The fourth-order valence-corrected chi connectivity index (χ4v) is 3.14. The summed E-state index contributed by atoms with van der Waals surface area (Å²) >= 11 is 0. The van der Waals surface area contributed by atoms with Crippen LogP contribution in [0.1, 0.15) is 68.7 Å². The van der Waals surface area contributed by atoms with E-state index < -0.39 is 0 Å². The maximum Gasteiger partial charge on any atom is 0.261 e. The van der Waals surface area contributed by atoms with E-state index >= 15 is 0 Å². The van der Waals surface area contributed by atoms with Gasteiger partial charge in [-0.05, 0) is 38.3 Å². The topological polar surface area (TPSA) is 81.4 Å². The summed E-state index contributed by atoms with van der Waals surface area (Å²) < 4.78 is 11.2. The first-order valence-corrected chi connectivity index (χ1v) is 9.21. The number of nitrogens with zero attached hydrogens (tertiary/aromatic N) is 4. The zero-order chi connectivity index (χ0) is 18.7. The molecule has 2 aromatic heterocycles. The van der Waals surface area contributed by atoms with Gasteiger partial charge in [-0.1, -0.05) is 25.9 Å². The molecule has 0 N–H and O–H groups in total. The Bertz CT molecular complexity index is 772. The third kappa shape index (κ3) is 3.86. The smallest absolute Gasteiger partial charge is 0.261 e. The van der Waals surface area contributed by atoms with Gasteiger partial charge in [-0.15, -0.1) is 0 Å². The van der Waals surface area contributed by atoms with Gasteiger partial charge >= 0.3 is 0 Å². The van der Waals surface area contributed by atoms with Crippen LogP contribution in [0.4, 0.5) is 0 Å². The Kier molecular flexibility index (Phi) is 5.54. The van der Waals surface area contributed by atoms with Gasteiger partial charge in [0, 0.05) is 18.2 Å². The molecule has 0 bridgehead atoms. The third-order valence-electron chi connectivity index (χ3n) is 4.59. The normalized spacial score (nSPS) is 17.1. The Hall–Kier alpha value is -2.44. The first-order valence-electron chi connectivity index (χ1n) is 9.21. The maximum absolute atomic E-state index is 12.7. The highest BCUT2D eigenvalue weighted by atomic mass is 16.5. The van der Waals surface area contributed by atoms with Crippen LogP contribution in [0.2, 0.25) is 0 Å². The van der Waals surface area contributed by atoms with Gasteiger partial charge in [-0.3, -0.25) is 9.78 Å². The lowest BCUT2D eigenvalue weighted by Gasteiger charge is -2.22. The Morgan fingerprint density at radius 1 is 1.38 bits per heavy atom. The molecule has 3 heterocycles. The van der Waals surface area contributed by atoms with E-state index in [0.29, 0.717) is 24.0 Å². The van der Waals surface area contributed by atoms with Crippen molar-refractivity contribution in [3.63, 3.8) is 0 Å². The number of aromatic nitrogens is 3. The number of amides is 1. The molecule has 1 fully saturated rings. The van der Waals surface area contributed by atoms with Crippen LogP contribution in [-0.2, 0) is 11.2 Å². The molecular weight excluding hydrogens is 332 g/mol. The summed E-state index contributed by atoms with van der Waals surface area (Å²) in [4.78, 5) is 23.4. The van der Waals surface area contributed by atoms with Gasteiger partial charge in [-0.25, -0.2) is 0 Å². The predicted molar refractivity (Wildman–Crippen MR) is 95.9 cm³/mol. The second-order valence-electron chi connectivity index (χ2n) is 6.93. The zero-order valence-electron chi connectivity index (χ0n) is 15.9. The molecule has 26 heavy (non-hydrogen) atoms. The van der Waals surface area contributed by atoms with Crippen molar-refractivity contribution >= 4 is 5.91 Å². The molecule has 2 aromatic rings. The van der Waals surface area contributed by atoms with Gasteiger partial charge in [0.15, 0.2) is 12.4 Å². The van der Waals surface area contributed by atoms with Crippen LogP contribution in [0.5, 0.6) is 5.75 Å². The van der Waals surface area contributed by atoms with Gasteiger partial charge < -0.3 is 14.2 Å². The van der Waals surface area contributed by atoms with E-state index in [1.807, 2.05) is 39.8 Å². The van der Waals surface area contributed by atoms with Crippen LogP contribution in [0.3, 0.4) is 0 Å². The van der Waals surface area contributed by atoms with Gasteiger partial charge in [-0.2, -0.15) is 4.98 Å². The molecule has 7 heteroatoms. The lowest BCUT2D eigenvalue weighted by Crippen LogP contribution is -2.34. The Labute approximate surface area is 153 Å². The minimum Gasteiger partial charge on any atom is -0.482 e. The predicted octanol–water partition coefficient (Wildman–Crippen LogP) is 3.20. The maximum atomic E-state index is 12.7. The number of aryl methyl sites for hydroxylation is 2. The van der Waals surface area contributed by atoms with E-state index in [2.05, 4.69) is 15.1 Å². The molecule has 140 valence electrons. The van der Waals surface area contributed by atoms with Crippen molar-refractivity contribution in [1.29, 1.82) is 0 Å². The summed E-state index contributed by atoms with van der Waals surface area (Å²) in [6.07, 6.45) is 2.51. The zero-order valence-corrected chi connectivity index (χ0v) is 15.9. The Balaban J connectivity index is 1.67. The fraction of sp³-hybridized carbons (Fsp3) is 0.579. The average Bonchev–Trinajstić information content (AvgIpc) is 3.29. The third-order valence-corrected chi connectivity index (χ3v) is 4.59. The molecule has 0 saturated carbocycles. The Morgan fingerprint density at radius 3 is 2.88 bits per heavy atom. The summed E-state index contributed by atoms with van der Waals surface area (Å²) in [7, 11) is 0. The molecule has 0 radical (unpaired) electrons. The quantitative estimate of drug-likeness (QED) is 0.789. The summed E-state index contributed by atoms with van der Waals surface area (Å²) in [5.74, 6) is 1.99. The van der Waals surface area contributed by atoms with Crippen LogP contribution in [-0.4, -0.2) is 39.1 Å². The molecule has 0 unspecified atom stereocenters. The monoisotopic (exact) mass is 358 g/mol. The first kappa shape index (κ1) is 18.4. The highest BCUT2D eigenvalue weighted by Gasteiger charge is 2.34. The largest absolute Gasteiger partial charge is 0.482 e. The first-order chi connectivity index (χ1) is 12.5. The van der Waals surface area contributed by atoms with Gasteiger partial charge in [0.05, 0.1) is 5.69 Å². The van der Waals surface area contributed by atoms with Crippen LogP contribution in [0.25, 0.3) is 0 Å². The van der Waals surface area contributed by atoms with E-state index in [1.54, 1.807) is 4.90 Å². The van der Waals surface area contributed by atoms with Crippen LogP contribution >= 0.6 is 0 Å². The van der Waals surface area contributed by atoms with Crippen LogP contribution < -0.4 is 4.74 Å². The standard InChI is InChI=1S/C19H26N4O3/c1-5-14-16(9-8-13(4)20-14)25-11-17(24)23-10-6-7-15(23)19-21-18(12(2)3)22-26-19/h8-9,12,15H,5-7,10-11H2,1-4H3/t15-/m0/s1. The number of ether oxygens (including phenoxy) is 1. The van der Waals surface area contributed by atoms with Crippen molar-refractivity contribution in [2.24, 2.45) is 0 Å². The van der Waals surface area contributed by atoms with E-state index in [9.17, 15) is 4.79 Å². The molecule has 1 aliphatic rings. The van der Waals surface area contributed by atoms with E-state index in [1.165, 1.54) is 0 Å². The Morgan fingerprint density at radius 2 is 2.19 bits per heavy atom.